The molecule has 20 heavy (non-hydrogen) atoms. The Morgan fingerprint density at radius 1 is 1.55 bits per heavy atom. The number of aryl methyl sites for hydroxylation is 1. The van der Waals surface area contributed by atoms with Crippen LogP contribution in [0, 0.1) is 0 Å². The van der Waals surface area contributed by atoms with Crippen molar-refractivity contribution in [3.8, 4) is 0 Å². The first-order chi connectivity index (χ1) is 9.58. The summed E-state index contributed by atoms with van der Waals surface area (Å²) >= 11 is 6.32. The standard InChI is InChI=1S/C14H25ClN4O/c1-5-19-14(11(15)8-17-19)13(16-4)12-9-18(10(2)3)6-7-20-12/h8,10,12-13,16H,5-7,9H2,1-4H3. The van der Waals surface area contributed by atoms with Crippen molar-refractivity contribution in [1.29, 1.82) is 0 Å². The number of aromatic nitrogens is 2. The van der Waals surface area contributed by atoms with Crippen LogP contribution in [0.3, 0.4) is 0 Å². The van der Waals surface area contributed by atoms with E-state index < -0.39 is 0 Å². The molecule has 1 saturated heterocycles. The molecule has 1 aliphatic heterocycles. The maximum atomic E-state index is 6.32. The van der Waals surface area contributed by atoms with Crippen LogP contribution in [0.2, 0.25) is 5.02 Å². The van der Waals surface area contributed by atoms with Crippen LogP contribution in [0.15, 0.2) is 6.20 Å². The second kappa shape index (κ2) is 6.89. The van der Waals surface area contributed by atoms with Crippen LogP contribution in [0.25, 0.3) is 0 Å². The van der Waals surface area contributed by atoms with Gasteiger partial charge in [0.05, 0.1) is 35.7 Å². The Morgan fingerprint density at radius 3 is 2.90 bits per heavy atom. The highest BCUT2D eigenvalue weighted by atomic mass is 35.5. The van der Waals surface area contributed by atoms with Gasteiger partial charge in [-0.05, 0) is 27.8 Å². The lowest BCUT2D eigenvalue weighted by atomic mass is 10.0. The van der Waals surface area contributed by atoms with Crippen molar-refractivity contribution in [3.05, 3.63) is 16.9 Å². The Bertz CT molecular complexity index is 435. The van der Waals surface area contributed by atoms with Gasteiger partial charge in [-0.2, -0.15) is 5.10 Å². The summed E-state index contributed by atoms with van der Waals surface area (Å²) in [7, 11) is 1.95. The van der Waals surface area contributed by atoms with Gasteiger partial charge in [-0.1, -0.05) is 11.6 Å². The van der Waals surface area contributed by atoms with Crippen LogP contribution in [0.4, 0.5) is 0 Å². The summed E-state index contributed by atoms with van der Waals surface area (Å²) in [6.45, 7) is 9.99. The molecule has 0 radical (unpaired) electrons. The minimum atomic E-state index is 0.0616. The molecule has 0 aromatic carbocycles. The third-order valence-corrected chi connectivity index (χ3v) is 4.26. The first-order valence-electron chi connectivity index (χ1n) is 7.32. The first kappa shape index (κ1) is 15.8. The van der Waals surface area contributed by atoms with Crippen molar-refractivity contribution in [1.82, 2.24) is 20.0 Å². The van der Waals surface area contributed by atoms with E-state index in [0.29, 0.717) is 11.1 Å². The molecule has 2 rings (SSSR count). The third kappa shape index (κ3) is 3.17. The molecule has 0 saturated carbocycles. The summed E-state index contributed by atoms with van der Waals surface area (Å²) < 4.78 is 7.93. The number of ether oxygens (including phenoxy) is 1. The van der Waals surface area contributed by atoms with Gasteiger partial charge in [0.1, 0.15) is 0 Å². The number of hydrogen-bond acceptors (Lipinski definition) is 4. The molecular formula is C14H25ClN4O. The second-order valence-corrected chi connectivity index (χ2v) is 5.86. The quantitative estimate of drug-likeness (QED) is 0.902. The maximum absolute atomic E-state index is 6.32. The number of nitrogens with zero attached hydrogens (tertiary/aromatic N) is 3. The van der Waals surface area contributed by atoms with Crippen molar-refractivity contribution >= 4 is 11.6 Å². The lowest BCUT2D eigenvalue weighted by molar-refractivity contribution is -0.0562. The molecule has 0 spiro atoms. The number of morpholine rings is 1. The van der Waals surface area contributed by atoms with Gasteiger partial charge in [-0.25, -0.2) is 0 Å². The number of rotatable bonds is 5. The van der Waals surface area contributed by atoms with Gasteiger partial charge in [-0.3, -0.25) is 9.58 Å². The van der Waals surface area contributed by atoms with E-state index in [2.05, 4.69) is 36.1 Å². The van der Waals surface area contributed by atoms with Crippen LogP contribution in [0.1, 0.15) is 32.5 Å². The highest BCUT2D eigenvalue weighted by Crippen LogP contribution is 2.28. The zero-order chi connectivity index (χ0) is 14.7. The van der Waals surface area contributed by atoms with Crippen molar-refractivity contribution in [2.24, 2.45) is 0 Å². The summed E-state index contributed by atoms with van der Waals surface area (Å²) in [5.74, 6) is 0. The fourth-order valence-corrected chi connectivity index (χ4v) is 3.06. The van der Waals surface area contributed by atoms with Crippen molar-refractivity contribution < 1.29 is 4.74 Å². The monoisotopic (exact) mass is 300 g/mol. The Balaban J connectivity index is 2.21. The number of hydrogen-bond donors (Lipinski definition) is 1. The van der Waals surface area contributed by atoms with E-state index >= 15 is 0 Å². The highest BCUT2D eigenvalue weighted by Gasteiger charge is 2.32. The predicted octanol–water partition coefficient (Wildman–Crippen LogP) is 1.93. The van der Waals surface area contributed by atoms with E-state index in [1.165, 1.54) is 0 Å². The van der Waals surface area contributed by atoms with E-state index in [4.69, 9.17) is 16.3 Å². The summed E-state index contributed by atoms with van der Waals surface area (Å²) in [5, 5.41) is 8.38. The SMILES string of the molecule is CCn1ncc(Cl)c1C(NC)C1CN(C(C)C)CCO1. The molecule has 0 aliphatic carbocycles. The summed E-state index contributed by atoms with van der Waals surface area (Å²) in [6.07, 6.45) is 1.81. The van der Waals surface area contributed by atoms with E-state index in [1.807, 2.05) is 11.7 Å². The van der Waals surface area contributed by atoms with Gasteiger partial charge in [0.2, 0.25) is 0 Å². The second-order valence-electron chi connectivity index (χ2n) is 5.46. The fourth-order valence-electron chi connectivity index (χ4n) is 2.80. The van der Waals surface area contributed by atoms with Crippen molar-refractivity contribution in [3.63, 3.8) is 0 Å². The minimum Gasteiger partial charge on any atom is -0.374 e. The third-order valence-electron chi connectivity index (χ3n) is 3.97. The Hall–Kier alpha value is -0.620. The van der Waals surface area contributed by atoms with E-state index in [-0.39, 0.29) is 12.1 Å². The average Bonchev–Trinajstić information content (AvgIpc) is 2.82. The van der Waals surface area contributed by atoms with E-state index in [0.717, 1.165) is 31.9 Å². The molecule has 1 fully saturated rings. The minimum absolute atomic E-state index is 0.0616. The molecule has 0 amide bonds. The van der Waals surface area contributed by atoms with Crippen LogP contribution in [-0.4, -0.2) is 53.6 Å². The van der Waals surface area contributed by atoms with Gasteiger partial charge in [0.25, 0.3) is 0 Å². The predicted molar refractivity (Wildman–Crippen MR) is 81.2 cm³/mol. The smallest absolute Gasteiger partial charge is 0.0912 e. The van der Waals surface area contributed by atoms with E-state index in [9.17, 15) is 0 Å². The largest absolute Gasteiger partial charge is 0.374 e. The van der Waals surface area contributed by atoms with Crippen LogP contribution >= 0.6 is 11.6 Å². The maximum Gasteiger partial charge on any atom is 0.0912 e. The summed E-state index contributed by atoms with van der Waals surface area (Å²) in [4.78, 5) is 2.44. The molecule has 2 atom stereocenters. The fraction of sp³-hybridized carbons (Fsp3) is 0.786. The first-order valence-corrected chi connectivity index (χ1v) is 7.70. The molecular weight excluding hydrogens is 276 g/mol. The van der Waals surface area contributed by atoms with Crippen LogP contribution in [-0.2, 0) is 11.3 Å². The van der Waals surface area contributed by atoms with Crippen molar-refractivity contribution in [2.45, 2.75) is 45.5 Å². The zero-order valence-electron chi connectivity index (χ0n) is 12.8. The molecule has 0 bridgehead atoms. The van der Waals surface area contributed by atoms with Gasteiger partial charge in [-0.15, -0.1) is 0 Å². The topological polar surface area (TPSA) is 42.3 Å². The molecule has 1 aromatic heterocycles. The summed E-state index contributed by atoms with van der Waals surface area (Å²) in [5.41, 5.74) is 1.02. The van der Waals surface area contributed by atoms with Gasteiger partial charge < -0.3 is 10.1 Å². The zero-order valence-corrected chi connectivity index (χ0v) is 13.5. The van der Waals surface area contributed by atoms with Gasteiger partial charge >= 0.3 is 0 Å². The normalized spacial score (nSPS) is 22.4. The van der Waals surface area contributed by atoms with Crippen molar-refractivity contribution in [2.75, 3.05) is 26.7 Å². The molecule has 114 valence electrons. The molecule has 1 aliphatic rings. The van der Waals surface area contributed by atoms with Crippen LogP contribution in [0.5, 0.6) is 0 Å². The lowest BCUT2D eigenvalue weighted by Crippen LogP contribution is -2.50. The van der Waals surface area contributed by atoms with Crippen LogP contribution < -0.4 is 5.32 Å². The number of likely N-dealkylation sites (N-methyl/N-ethyl adjacent to an activating group) is 1. The van der Waals surface area contributed by atoms with Gasteiger partial charge in [0.15, 0.2) is 0 Å². The molecule has 6 heteroatoms. The number of nitrogens with one attached hydrogen (secondary N) is 1. The molecule has 1 N–H and O–H groups in total. The molecule has 1 aromatic rings. The molecule has 2 unspecified atom stereocenters. The summed E-state index contributed by atoms with van der Waals surface area (Å²) in [6, 6.07) is 0.594. The number of halogens is 1. The Kier molecular flexibility index (Phi) is 5.43. The van der Waals surface area contributed by atoms with E-state index in [1.54, 1.807) is 6.20 Å². The van der Waals surface area contributed by atoms with Gasteiger partial charge in [0, 0.05) is 25.7 Å². The Labute approximate surface area is 126 Å². The molecule has 5 nitrogen and oxygen atoms in total. The molecule has 2 heterocycles. The Morgan fingerprint density at radius 2 is 2.30 bits per heavy atom. The average molecular weight is 301 g/mol. The highest BCUT2D eigenvalue weighted by molar-refractivity contribution is 6.31. The lowest BCUT2D eigenvalue weighted by Gasteiger charge is -2.39.